The van der Waals surface area contributed by atoms with Crippen molar-refractivity contribution in [1.29, 1.82) is 0 Å². The molecule has 3 saturated heterocycles. The Morgan fingerprint density at radius 1 is 1.00 bits per heavy atom. The number of aromatic nitrogens is 3. The molecule has 5 aromatic rings. The first kappa shape index (κ1) is 30.7. The summed E-state index contributed by atoms with van der Waals surface area (Å²) in [4.78, 5) is 20.5. The van der Waals surface area contributed by atoms with Gasteiger partial charge in [0.1, 0.15) is 22.8 Å². The lowest BCUT2D eigenvalue weighted by Gasteiger charge is -2.45. The number of terminal acetylenes is 1. The third-order valence-corrected chi connectivity index (χ3v) is 11.1. The van der Waals surface area contributed by atoms with E-state index in [0.29, 0.717) is 64.3 Å². The molecule has 13 heteroatoms. The lowest BCUT2D eigenvalue weighted by atomic mass is 9.96. The fourth-order valence-corrected chi connectivity index (χ4v) is 7.98. The number of nitrogens with one attached hydrogen (secondary N) is 1. The van der Waals surface area contributed by atoms with E-state index in [1.807, 2.05) is 22.9 Å². The highest BCUT2D eigenvalue weighted by molar-refractivity contribution is 8.13. The van der Waals surface area contributed by atoms with Gasteiger partial charge in [-0.05, 0) is 42.5 Å². The third-order valence-electron chi connectivity index (χ3n) is 9.76. The van der Waals surface area contributed by atoms with Gasteiger partial charge in [-0.3, -0.25) is 4.98 Å². The van der Waals surface area contributed by atoms with Crippen LogP contribution in [0.25, 0.3) is 32.9 Å². The van der Waals surface area contributed by atoms with E-state index in [2.05, 4.69) is 21.1 Å². The van der Waals surface area contributed by atoms with Gasteiger partial charge in [0.05, 0.1) is 21.9 Å². The largest absolute Gasteiger partial charge is 0.368 e. The van der Waals surface area contributed by atoms with Gasteiger partial charge in [-0.15, -0.1) is 6.42 Å². The summed E-state index contributed by atoms with van der Waals surface area (Å²) in [6.07, 6.45) is 9.45. The van der Waals surface area contributed by atoms with Crippen LogP contribution in [0, 0.1) is 24.0 Å². The molecular weight excluding hydrogens is 656 g/mol. The maximum atomic E-state index is 16.8. The van der Waals surface area contributed by atoms with Crippen LogP contribution in [-0.2, 0) is 9.05 Å². The zero-order valence-electron chi connectivity index (χ0n) is 25.9. The lowest BCUT2D eigenvalue weighted by Crippen LogP contribution is -2.59. The first-order valence-electron chi connectivity index (χ1n) is 15.7. The molecule has 9 nitrogen and oxygen atoms in total. The van der Waals surface area contributed by atoms with Crippen molar-refractivity contribution in [3.05, 3.63) is 78.0 Å². The topological polar surface area (TPSA) is 94.6 Å². The second kappa shape index (κ2) is 11.5. The Hall–Kier alpha value is -4.57. The van der Waals surface area contributed by atoms with E-state index in [0.717, 1.165) is 25.9 Å². The van der Waals surface area contributed by atoms with E-state index in [-0.39, 0.29) is 27.7 Å². The molecule has 48 heavy (non-hydrogen) atoms. The minimum absolute atomic E-state index is 0.0154. The van der Waals surface area contributed by atoms with Crippen LogP contribution in [-0.4, -0.2) is 74.7 Å². The minimum Gasteiger partial charge on any atom is -0.368 e. The second-order valence-corrected chi connectivity index (χ2v) is 15.2. The van der Waals surface area contributed by atoms with Crippen LogP contribution in [0.3, 0.4) is 0 Å². The zero-order valence-corrected chi connectivity index (χ0v) is 27.4. The van der Waals surface area contributed by atoms with Gasteiger partial charge in [0.2, 0.25) is 5.95 Å². The maximum absolute atomic E-state index is 16.8. The van der Waals surface area contributed by atoms with Gasteiger partial charge in [-0.1, -0.05) is 36.3 Å². The Balaban J connectivity index is 1.20. The summed E-state index contributed by atoms with van der Waals surface area (Å²) in [5.74, 6) is 2.24. The van der Waals surface area contributed by atoms with Crippen molar-refractivity contribution in [2.24, 2.45) is 0 Å². The summed E-state index contributed by atoms with van der Waals surface area (Å²) in [7, 11) is 3.60. The predicted molar refractivity (Wildman–Crippen MR) is 184 cm³/mol. The monoisotopic (exact) mass is 685 g/mol. The third kappa shape index (κ3) is 5.17. The molecule has 2 bridgehead atoms. The molecular formula is C35H30ClF2N7O2S. The summed E-state index contributed by atoms with van der Waals surface area (Å²) in [6, 6.07) is 15.3. The van der Waals surface area contributed by atoms with E-state index < -0.39 is 20.7 Å². The van der Waals surface area contributed by atoms with Crippen molar-refractivity contribution in [1.82, 2.24) is 20.3 Å². The van der Waals surface area contributed by atoms with Crippen LogP contribution in [0.5, 0.6) is 0 Å². The lowest BCUT2D eigenvalue weighted by molar-refractivity contribution is 0.462. The number of hydrogen-bond acceptors (Lipinski definition) is 9. The number of rotatable bonds is 6. The highest BCUT2D eigenvalue weighted by Crippen LogP contribution is 2.38. The average Bonchev–Trinajstić information content (AvgIpc) is 3.40. The molecule has 2 atom stereocenters. The Kier molecular flexibility index (Phi) is 7.39. The van der Waals surface area contributed by atoms with Gasteiger partial charge in [0, 0.05) is 78.8 Å². The average molecular weight is 686 g/mol. The molecule has 2 aromatic heterocycles. The molecule has 3 aromatic carbocycles. The van der Waals surface area contributed by atoms with Crippen LogP contribution in [0.4, 0.5) is 26.2 Å². The predicted octanol–water partition coefficient (Wildman–Crippen LogP) is 5.30. The number of hydrogen-bond donors (Lipinski definition) is 1. The molecule has 3 aliphatic rings. The first-order valence-corrected chi connectivity index (χ1v) is 18.0. The van der Waals surface area contributed by atoms with Crippen molar-refractivity contribution in [2.75, 3.05) is 47.9 Å². The summed E-state index contributed by atoms with van der Waals surface area (Å²) >= 11 is 0. The first-order chi connectivity index (χ1) is 23.1. The number of piperazine rings is 1. The number of fused-ring (bicyclic) bond motifs is 4. The van der Waals surface area contributed by atoms with Crippen LogP contribution in [0.1, 0.15) is 18.4 Å². The highest BCUT2D eigenvalue weighted by Gasteiger charge is 2.37. The fraction of sp³-hybridized carbons (Fsp3) is 0.286. The van der Waals surface area contributed by atoms with Gasteiger partial charge in [0.25, 0.3) is 9.05 Å². The summed E-state index contributed by atoms with van der Waals surface area (Å²) in [6.45, 7) is 2.51. The minimum atomic E-state index is -3.88. The normalized spacial score (nSPS) is 19.5. The number of halogens is 3. The van der Waals surface area contributed by atoms with Gasteiger partial charge < -0.3 is 20.0 Å². The Morgan fingerprint density at radius 2 is 1.75 bits per heavy atom. The fourth-order valence-electron chi connectivity index (χ4n) is 7.19. The van der Waals surface area contributed by atoms with Crippen LogP contribution in [0.2, 0.25) is 0 Å². The summed E-state index contributed by atoms with van der Waals surface area (Å²) < 4.78 is 55.5. The van der Waals surface area contributed by atoms with Crippen molar-refractivity contribution < 1.29 is 17.2 Å². The number of anilines is 3. The van der Waals surface area contributed by atoms with Gasteiger partial charge >= 0.3 is 0 Å². The number of likely N-dealkylation sites (N-methyl/N-ethyl adjacent to an activating group) is 1. The molecule has 0 amide bonds. The quantitative estimate of drug-likeness (QED) is 0.189. The molecule has 0 spiro atoms. The highest BCUT2D eigenvalue weighted by atomic mass is 35.7. The second-order valence-electron chi connectivity index (χ2n) is 12.6. The van der Waals surface area contributed by atoms with Crippen LogP contribution >= 0.6 is 10.7 Å². The van der Waals surface area contributed by atoms with Gasteiger partial charge in [-0.2, -0.15) is 4.98 Å². The molecule has 3 fully saturated rings. The molecule has 3 aliphatic heterocycles. The van der Waals surface area contributed by atoms with E-state index in [1.165, 1.54) is 12.1 Å². The van der Waals surface area contributed by atoms with Gasteiger partial charge in [0.15, 0.2) is 5.82 Å². The number of benzene rings is 3. The SMILES string of the molecule is C#Cc1c(F)ccc2cccc(-c3ncc4c(N5CC6CCC(C5)N6)nc(N5CC(N(C)c6cccc(S(=O)(=O)Cl)c6)C5)nc4c3F)c12. The molecule has 5 heterocycles. The Labute approximate surface area is 281 Å². The van der Waals surface area contributed by atoms with Gasteiger partial charge in [-0.25, -0.2) is 22.2 Å². The van der Waals surface area contributed by atoms with E-state index >= 15 is 4.39 Å². The molecule has 0 radical (unpaired) electrons. The molecule has 1 N–H and O–H groups in total. The van der Waals surface area contributed by atoms with Crippen LogP contribution < -0.4 is 20.0 Å². The maximum Gasteiger partial charge on any atom is 0.261 e. The molecule has 244 valence electrons. The van der Waals surface area contributed by atoms with Crippen molar-refractivity contribution >= 4 is 58.9 Å². The molecule has 0 saturated carbocycles. The number of nitrogens with zero attached hydrogens (tertiary/aromatic N) is 6. The molecule has 0 aliphatic carbocycles. The Morgan fingerprint density at radius 3 is 2.48 bits per heavy atom. The van der Waals surface area contributed by atoms with Crippen molar-refractivity contribution in [3.8, 4) is 23.6 Å². The summed E-state index contributed by atoms with van der Waals surface area (Å²) in [5, 5.41) is 5.22. The molecule has 8 rings (SSSR count). The van der Waals surface area contributed by atoms with E-state index in [4.69, 9.17) is 27.1 Å². The smallest absolute Gasteiger partial charge is 0.261 e. The Bertz CT molecular complexity index is 2260. The molecule has 2 unspecified atom stereocenters. The van der Waals surface area contributed by atoms with Crippen LogP contribution in [0.15, 0.2) is 65.7 Å². The van der Waals surface area contributed by atoms with Crippen molar-refractivity contribution in [2.45, 2.75) is 35.9 Å². The van der Waals surface area contributed by atoms with E-state index in [9.17, 15) is 12.8 Å². The zero-order chi connectivity index (χ0) is 33.3. The number of pyridine rings is 1. The standard InChI is InChI=1S/C35H30ClF2N7O2S/c1-3-26-29(37)13-10-20-6-4-9-27(30(20)26)32-31(38)33-28(15-39-32)34(44-16-21-11-12-22(17-44)40-21)42-35(41-33)45-18-24(19-45)43(2)23-7-5-8-25(14-23)48(36,46)47/h1,4-10,13-15,21-22,24,40H,11-12,16-19H2,2H3. The summed E-state index contributed by atoms with van der Waals surface area (Å²) in [5.41, 5.74) is 1.29. The van der Waals surface area contributed by atoms with Crippen molar-refractivity contribution in [3.63, 3.8) is 0 Å². The van der Waals surface area contributed by atoms with E-state index in [1.54, 1.807) is 42.6 Å².